The van der Waals surface area contributed by atoms with Crippen LogP contribution in [-0.4, -0.2) is 45.3 Å². The zero-order chi connectivity index (χ0) is 22.6. The van der Waals surface area contributed by atoms with Gasteiger partial charge in [0.2, 0.25) is 11.9 Å². The fraction of sp³-hybridized carbons (Fsp3) is 0.500. The summed E-state index contributed by atoms with van der Waals surface area (Å²) in [5, 5.41) is 8.73. The van der Waals surface area contributed by atoms with Gasteiger partial charge in [0.25, 0.3) is 0 Å². The van der Waals surface area contributed by atoms with E-state index >= 15 is 0 Å². The van der Waals surface area contributed by atoms with Crippen LogP contribution in [0.25, 0.3) is 10.9 Å². The van der Waals surface area contributed by atoms with Crippen molar-refractivity contribution in [2.24, 2.45) is 18.4 Å². The summed E-state index contributed by atoms with van der Waals surface area (Å²) in [6, 6.07) is 6.47. The Bertz CT molecular complexity index is 1180. The van der Waals surface area contributed by atoms with Crippen molar-refractivity contribution in [2.75, 3.05) is 28.7 Å². The molecule has 1 unspecified atom stereocenters. The number of anilines is 4. The molecule has 2 aromatic heterocycles. The van der Waals surface area contributed by atoms with Gasteiger partial charge in [-0.2, -0.15) is 10.1 Å². The molecule has 2 atom stereocenters. The van der Waals surface area contributed by atoms with Crippen LogP contribution in [0, 0.1) is 11.3 Å². The maximum atomic E-state index is 13.2. The molecule has 0 saturated heterocycles. The Kier molecular flexibility index (Phi) is 4.83. The molecular weight excluding hydrogens is 402 g/mol. The van der Waals surface area contributed by atoms with Crippen LogP contribution in [0.5, 0.6) is 0 Å². The second-order valence-electron chi connectivity index (χ2n) is 9.92. The first-order valence-corrected chi connectivity index (χ1v) is 11.4. The number of benzene rings is 1. The predicted molar refractivity (Wildman–Crippen MR) is 127 cm³/mol. The minimum atomic E-state index is -0.503. The monoisotopic (exact) mass is 433 g/mol. The number of aryl methyl sites for hydroxylation is 1. The van der Waals surface area contributed by atoms with E-state index in [-0.39, 0.29) is 5.91 Å². The highest BCUT2D eigenvalue weighted by Gasteiger charge is 2.42. The van der Waals surface area contributed by atoms with Crippen molar-refractivity contribution in [2.45, 2.75) is 46.1 Å². The minimum Gasteiger partial charge on any atom is -0.350 e. The van der Waals surface area contributed by atoms with E-state index < -0.39 is 5.41 Å². The fourth-order valence-electron chi connectivity index (χ4n) is 5.24. The second-order valence-corrected chi connectivity index (χ2v) is 9.92. The molecule has 1 aliphatic carbocycles. The first kappa shape index (κ1) is 20.7. The van der Waals surface area contributed by atoms with E-state index in [4.69, 9.17) is 4.98 Å². The second kappa shape index (κ2) is 7.46. The maximum absolute atomic E-state index is 13.2. The van der Waals surface area contributed by atoms with Gasteiger partial charge in [0.15, 0.2) is 5.82 Å². The first-order valence-electron chi connectivity index (χ1n) is 11.4. The minimum absolute atomic E-state index is 0.0956. The average molecular weight is 434 g/mol. The van der Waals surface area contributed by atoms with Gasteiger partial charge >= 0.3 is 0 Å². The van der Waals surface area contributed by atoms with Gasteiger partial charge in [0.05, 0.1) is 23.3 Å². The molecule has 2 aliphatic rings. The zero-order valence-electron chi connectivity index (χ0n) is 19.5. The van der Waals surface area contributed by atoms with Crippen LogP contribution >= 0.6 is 0 Å². The van der Waals surface area contributed by atoms with Gasteiger partial charge < -0.3 is 15.1 Å². The van der Waals surface area contributed by atoms with Crippen molar-refractivity contribution in [1.29, 1.82) is 0 Å². The van der Waals surface area contributed by atoms with Gasteiger partial charge in [-0.25, -0.2) is 4.98 Å². The van der Waals surface area contributed by atoms with E-state index in [0.29, 0.717) is 24.5 Å². The molecular formula is C24H31N7O. The molecule has 1 aromatic carbocycles. The highest BCUT2D eigenvalue weighted by atomic mass is 16.2. The van der Waals surface area contributed by atoms with Crippen LogP contribution in [0.2, 0.25) is 0 Å². The van der Waals surface area contributed by atoms with Crippen molar-refractivity contribution in [3.8, 4) is 0 Å². The molecule has 3 aromatic rings. The molecule has 8 nitrogen and oxygen atoms in total. The van der Waals surface area contributed by atoms with Crippen molar-refractivity contribution in [3.05, 3.63) is 30.6 Å². The molecule has 5 rings (SSSR count). The van der Waals surface area contributed by atoms with E-state index in [1.165, 1.54) is 12.8 Å². The quantitative estimate of drug-likeness (QED) is 0.670. The maximum Gasteiger partial charge on any atom is 0.234 e. The summed E-state index contributed by atoms with van der Waals surface area (Å²) < 4.78 is 1.85. The number of nitrogens with zero attached hydrogens (tertiary/aromatic N) is 6. The molecule has 1 aliphatic heterocycles. The zero-order valence-corrected chi connectivity index (χ0v) is 19.5. The molecule has 0 bridgehead atoms. The average Bonchev–Trinajstić information content (AvgIpc) is 3.34. The number of hydrogen-bond donors (Lipinski definition) is 1. The lowest BCUT2D eigenvalue weighted by Gasteiger charge is -2.36. The Hall–Kier alpha value is -3.16. The largest absolute Gasteiger partial charge is 0.350 e. The predicted octanol–water partition coefficient (Wildman–Crippen LogP) is 4.10. The van der Waals surface area contributed by atoms with Crippen molar-refractivity contribution in [1.82, 2.24) is 19.7 Å². The Labute approximate surface area is 188 Å². The van der Waals surface area contributed by atoms with E-state index in [9.17, 15) is 4.79 Å². The van der Waals surface area contributed by atoms with Gasteiger partial charge in [-0.3, -0.25) is 9.48 Å². The third-order valence-corrected chi connectivity index (χ3v) is 7.05. The molecule has 1 fully saturated rings. The normalized spacial score (nSPS) is 22.8. The molecule has 168 valence electrons. The van der Waals surface area contributed by atoms with Crippen molar-refractivity contribution < 1.29 is 4.79 Å². The lowest BCUT2D eigenvalue weighted by atomic mass is 9.90. The van der Waals surface area contributed by atoms with Crippen LogP contribution < -0.4 is 15.1 Å². The Morgan fingerprint density at radius 3 is 2.72 bits per heavy atom. The lowest BCUT2D eigenvalue weighted by molar-refractivity contribution is -0.125. The van der Waals surface area contributed by atoms with Crippen molar-refractivity contribution in [3.63, 3.8) is 0 Å². The fourth-order valence-corrected chi connectivity index (χ4v) is 5.24. The number of aromatic nitrogens is 4. The van der Waals surface area contributed by atoms with E-state index in [2.05, 4.69) is 27.2 Å². The number of nitrogens with one attached hydrogen (secondary N) is 1. The number of amides is 1. The topological polar surface area (TPSA) is 79.2 Å². The molecule has 3 heterocycles. The third-order valence-electron chi connectivity index (χ3n) is 7.05. The Morgan fingerprint density at radius 1 is 1.16 bits per heavy atom. The van der Waals surface area contributed by atoms with Crippen molar-refractivity contribution >= 4 is 40.0 Å². The molecule has 0 radical (unpaired) electrons. The van der Waals surface area contributed by atoms with Gasteiger partial charge in [0.1, 0.15) is 5.69 Å². The van der Waals surface area contributed by atoms with Gasteiger partial charge in [-0.15, -0.1) is 0 Å². The summed E-state index contributed by atoms with van der Waals surface area (Å²) in [6.45, 7) is 7.01. The summed E-state index contributed by atoms with van der Waals surface area (Å²) in [4.78, 5) is 26.8. The number of hydrogen-bond acceptors (Lipinski definition) is 6. The molecule has 0 spiro atoms. The van der Waals surface area contributed by atoms with E-state index in [0.717, 1.165) is 34.5 Å². The standard InChI is InChI=1S/C24H31N7O/c1-15-7-6-8-18(15)31-14-24(2,3)22(32)29(4)20-13-25-23(28-21(20)31)27-17-9-10-19-16(11-17)12-26-30(19)5/h9-13,15,18H,6-8,14H2,1-5H3,(H,25,27,28)/t15-,18?/m1/s1. The molecule has 1 saturated carbocycles. The summed E-state index contributed by atoms with van der Waals surface area (Å²) in [5.41, 5.74) is 2.25. The molecule has 8 heteroatoms. The number of rotatable bonds is 3. The van der Waals surface area contributed by atoms with E-state index in [1.54, 1.807) is 11.1 Å². The van der Waals surface area contributed by atoms with Crippen LogP contribution in [0.1, 0.15) is 40.0 Å². The summed E-state index contributed by atoms with van der Waals surface area (Å²) >= 11 is 0. The van der Waals surface area contributed by atoms with Gasteiger partial charge in [0, 0.05) is 37.8 Å². The van der Waals surface area contributed by atoms with Crippen LogP contribution in [0.3, 0.4) is 0 Å². The number of carbonyl (C=O) groups excluding carboxylic acids is 1. The molecule has 1 amide bonds. The summed E-state index contributed by atoms with van der Waals surface area (Å²) in [6.07, 6.45) is 7.17. The van der Waals surface area contributed by atoms with Crippen LogP contribution in [0.4, 0.5) is 23.1 Å². The SMILES string of the molecule is C[C@@H]1CCCC1N1CC(C)(C)C(=O)N(C)c2cnc(Nc3ccc4c(cnn4C)c3)nc21. The lowest BCUT2D eigenvalue weighted by Crippen LogP contribution is -2.46. The molecule has 32 heavy (non-hydrogen) atoms. The van der Waals surface area contributed by atoms with Gasteiger partial charge in [-0.1, -0.05) is 13.3 Å². The molecule has 1 N–H and O–H groups in total. The number of carbonyl (C=O) groups is 1. The van der Waals surface area contributed by atoms with Crippen LogP contribution in [-0.2, 0) is 11.8 Å². The van der Waals surface area contributed by atoms with Gasteiger partial charge in [-0.05, 0) is 50.8 Å². The Morgan fingerprint density at radius 2 is 1.97 bits per heavy atom. The van der Waals surface area contributed by atoms with E-state index in [1.807, 2.05) is 57.0 Å². The summed E-state index contributed by atoms with van der Waals surface area (Å²) in [7, 11) is 3.76. The Balaban J connectivity index is 1.55. The first-order chi connectivity index (χ1) is 15.2. The van der Waals surface area contributed by atoms with Crippen LogP contribution in [0.15, 0.2) is 30.6 Å². The third kappa shape index (κ3) is 3.38. The smallest absolute Gasteiger partial charge is 0.234 e. The highest BCUT2D eigenvalue weighted by molar-refractivity contribution is 6.00. The highest BCUT2D eigenvalue weighted by Crippen LogP contribution is 2.41. The summed E-state index contributed by atoms with van der Waals surface area (Å²) in [5.74, 6) is 2.03. The number of fused-ring (bicyclic) bond motifs is 2.